The number of alkyl halides is 1. The summed E-state index contributed by atoms with van der Waals surface area (Å²) in [5, 5.41) is 0. The van der Waals surface area contributed by atoms with Crippen LogP contribution in [0, 0.1) is 5.92 Å². The van der Waals surface area contributed by atoms with Gasteiger partial charge < -0.3 is 14.4 Å². The molecule has 1 heterocycles. The Kier molecular flexibility index (Phi) is 5.79. The highest BCUT2D eigenvalue weighted by atomic mass is 19.1. The lowest BCUT2D eigenvalue weighted by molar-refractivity contribution is 0.0481. The van der Waals surface area contributed by atoms with Crippen molar-refractivity contribution in [2.24, 2.45) is 5.92 Å². The van der Waals surface area contributed by atoms with Gasteiger partial charge in [0.1, 0.15) is 11.4 Å². The molecule has 0 aromatic heterocycles. The van der Waals surface area contributed by atoms with E-state index in [4.69, 9.17) is 9.47 Å². The Morgan fingerprint density at radius 1 is 1.23 bits per heavy atom. The lowest BCUT2D eigenvalue weighted by atomic mass is 9.88. The lowest BCUT2D eigenvalue weighted by Gasteiger charge is -2.30. The Balaban J connectivity index is 1.66. The first-order chi connectivity index (χ1) is 12.4. The molecule has 1 aliphatic heterocycles. The van der Waals surface area contributed by atoms with Gasteiger partial charge in [0, 0.05) is 12.2 Å². The van der Waals surface area contributed by atoms with Crippen molar-refractivity contribution in [3.63, 3.8) is 0 Å². The van der Waals surface area contributed by atoms with Gasteiger partial charge in [-0.2, -0.15) is 0 Å². The van der Waals surface area contributed by atoms with Gasteiger partial charge in [-0.3, -0.25) is 4.39 Å². The van der Waals surface area contributed by atoms with Crippen LogP contribution in [-0.4, -0.2) is 24.9 Å². The number of rotatable bonds is 5. The zero-order valence-electron chi connectivity index (χ0n) is 16.6. The van der Waals surface area contributed by atoms with Gasteiger partial charge >= 0.3 is 0 Å². The molecule has 2 aliphatic rings. The zero-order chi connectivity index (χ0) is 18.7. The number of nitrogens with zero attached hydrogens (tertiary/aromatic N) is 1. The molecule has 0 N–H and O–H groups in total. The molecule has 3 nitrogen and oxygen atoms in total. The fourth-order valence-corrected chi connectivity index (χ4v) is 3.86. The van der Waals surface area contributed by atoms with Crippen molar-refractivity contribution < 1.29 is 13.9 Å². The third-order valence-electron chi connectivity index (χ3n) is 5.18. The van der Waals surface area contributed by atoms with E-state index < -0.39 is 0 Å². The van der Waals surface area contributed by atoms with Crippen molar-refractivity contribution in [1.82, 2.24) is 0 Å². The minimum Gasteiger partial charge on any atom is -0.490 e. The van der Waals surface area contributed by atoms with Crippen LogP contribution < -0.4 is 9.64 Å². The molecule has 0 unspecified atom stereocenters. The van der Waals surface area contributed by atoms with Gasteiger partial charge in [0.05, 0.1) is 12.8 Å². The number of hydrogen-bond donors (Lipinski definition) is 0. The van der Waals surface area contributed by atoms with E-state index in [1.54, 1.807) is 0 Å². The first kappa shape index (κ1) is 19.1. The number of benzene rings is 1. The standard InChI is InChI=1S/C22H32FNO2/c1-5-21(26-22(2,3)4)24-13-12-17-14-19(10-11-20(17)24)25-18-8-6-16(15-23)7-9-18/h5,10-11,14,16,18H,6-9,12-13,15H2,1-4H3/t16-,18-. The predicted molar refractivity (Wildman–Crippen MR) is 104 cm³/mol. The summed E-state index contributed by atoms with van der Waals surface area (Å²) < 4.78 is 25.1. The molecule has 0 amide bonds. The molecule has 1 fully saturated rings. The summed E-state index contributed by atoms with van der Waals surface area (Å²) >= 11 is 0. The molecule has 0 spiro atoms. The van der Waals surface area contributed by atoms with E-state index in [1.807, 2.05) is 13.0 Å². The van der Waals surface area contributed by atoms with Crippen LogP contribution >= 0.6 is 0 Å². The Bertz CT molecular complexity index is 642. The highest BCUT2D eigenvalue weighted by molar-refractivity contribution is 5.63. The number of halogens is 1. The van der Waals surface area contributed by atoms with Gasteiger partial charge in [0.2, 0.25) is 0 Å². The van der Waals surface area contributed by atoms with E-state index in [9.17, 15) is 4.39 Å². The van der Waals surface area contributed by atoms with Crippen molar-refractivity contribution in [3.05, 3.63) is 35.7 Å². The lowest BCUT2D eigenvalue weighted by Crippen LogP contribution is -2.29. The Hall–Kier alpha value is -1.71. The normalized spacial score (nSPS) is 23.7. The van der Waals surface area contributed by atoms with E-state index >= 15 is 0 Å². The van der Waals surface area contributed by atoms with Crippen LogP contribution in [0.1, 0.15) is 58.9 Å². The summed E-state index contributed by atoms with van der Waals surface area (Å²) in [6, 6.07) is 6.37. The van der Waals surface area contributed by atoms with Crippen molar-refractivity contribution in [1.29, 1.82) is 0 Å². The summed E-state index contributed by atoms with van der Waals surface area (Å²) in [5.74, 6) is 2.09. The van der Waals surface area contributed by atoms with E-state index in [2.05, 4.69) is 43.9 Å². The second kappa shape index (κ2) is 7.89. The first-order valence-corrected chi connectivity index (χ1v) is 9.88. The average Bonchev–Trinajstić information content (AvgIpc) is 3.02. The SMILES string of the molecule is CC=C(OC(C)(C)C)N1CCc2cc(O[C@H]3CC[C@H](CF)CC3)ccc21. The van der Waals surface area contributed by atoms with Crippen LogP contribution in [-0.2, 0) is 11.2 Å². The van der Waals surface area contributed by atoms with Crippen molar-refractivity contribution >= 4 is 5.69 Å². The molecule has 144 valence electrons. The molecule has 0 bridgehead atoms. The smallest absolute Gasteiger partial charge is 0.189 e. The number of fused-ring (bicyclic) bond motifs is 1. The summed E-state index contributed by atoms with van der Waals surface area (Å²) in [4.78, 5) is 2.25. The minimum atomic E-state index is -0.216. The number of ether oxygens (including phenoxy) is 2. The number of anilines is 1. The molecule has 1 saturated carbocycles. The number of allylic oxidation sites excluding steroid dienone is 1. The maximum atomic E-state index is 12.8. The molecule has 1 aromatic carbocycles. The Labute approximate surface area is 157 Å². The van der Waals surface area contributed by atoms with Crippen LogP contribution in [0.5, 0.6) is 5.75 Å². The van der Waals surface area contributed by atoms with Crippen LogP contribution in [0.2, 0.25) is 0 Å². The van der Waals surface area contributed by atoms with Gasteiger partial charge in [-0.25, -0.2) is 0 Å². The summed E-state index contributed by atoms with van der Waals surface area (Å²) in [6.45, 7) is 8.97. The maximum Gasteiger partial charge on any atom is 0.189 e. The van der Waals surface area contributed by atoms with E-state index in [-0.39, 0.29) is 24.3 Å². The fourth-order valence-electron chi connectivity index (χ4n) is 3.86. The molecule has 26 heavy (non-hydrogen) atoms. The predicted octanol–water partition coefficient (Wildman–Crippen LogP) is 5.63. The van der Waals surface area contributed by atoms with Crippen LogP contribution in [0.15, 0.2) is 30.2 Å². The van der Waals surface area contributed by atoms with Gasteiger partial charge in [-0.15, -0.1) is 0 Å². The molecule has 1 aromatic rings. The van der Waals surface area contributed by atoms with Crippen LogP contribution in [0.25, 0.3) is 0 Å². The Morgan fingerprint density at radius 3 is 2.58 bits per heavy atom. The van der Waals surface area contributed by atoms with Crippen LogP contribution in [0.3, 0.4) is 0 Å². The van der Waals surface area contributed by atoms with Gasteiger partial charge in [0.15, 0.2) is 5.88 Å². The largest absolute Gasteiger partial charge is 0.490 e. The topological polar surface area (TPSA) is 21.7 Å². The van der Waals surface area contributed by atoms with Gasteiger partial charge in [0.25, 0.3) is 0 Å². The fraction of sp³-hybridized carbons (Fsp3) is 0.636. The molecule has 0 saturated heterocycles. The molecule has 0 atom stereocenters. The molecule has 1 aliphatic carbocycles. The van der Waals surface area contributed by atoms with E-state index in [1.165, 1.54) is 11.3 Å². The Morgan fingerprint density at radius 2 is 1.96 bits per heavy atom. The quantitative estimate of drug-likeness (QED) is 0.634. The highest BCUT2D eigenvalue weighted by Crippen LogP contribution is 2.36. The highest BCUT2D eigenvalue weighted by Gasteiger charge is 2.27. The summed E-state index contributed by atoms with van der Waals surface area (Å²) in [7, 11) is 0. The van der Waals surface area contributed by atoms with E-state index in [0.717, 1.165) is 50.3 Å². The maximum absolute atomic E-state index is 12.8. The van der Waals surface area contributed by atoms with Crippen molar-refractivity contribution in [3.8, 4) is 5.75 Å². The second-order valence-electron chi connectivity index (χ2n) is 8.45. The van der Waals surface area contributed by atoms with Crippen molar-refractivity contribution in [2.75, 3.05) is 18.1 Å². The van der Waals surface area contributed by atoms with Crippen LogP contribution in [0.4, 0.5) is 10.1 Å². The zero-order valence-corrected chi connectivity index (χ0v) is 16.6. The summed E-state index contributed by atoms with van der Waals surface area (Å²) in [5.41, 5.74) is 2.29. The monoisotopic (exact) mass is 361 g/mol. The molecular formula is C22H32FNO2. The van der Waals surface area contributed by atoms with Crippen molar-refractivity contribution in [2.45, 2.75) is 71.5 Å². The third-order valence-corrected chi connectivity index (χ3v) is 5.18. The summed E-state index contributed by atoms with van der Waals surface area (Å²) in [6.07, 6.45) is 7.05. The molecule has 3 rings (SSSR count). The molecular weight excluding hydrogens is 329 g/mol. The van der Waals surface area contributed by atoms with E-state index in [0.29, 0.717) is 0 Å². The number of hydrogen-bond acceptors (Lipinski definition) is 3. The second-order valence-corrected chi connectivity index (χ2v) is 8.45. The minimum absolute atomic E-state index is 0.189. The third kappa shape index (κ3) is 4.52. The first-order valence-electron chi connectivity index (χ1n) is 9.88. The van der Waals surface area contributed by atoms with Gasteiger partial charge in [-0.05, 0) is 95.6 Å². The van der Waals surface area contributed by atoms with Gasteiger partial charge in [-0.1, -0.05) is 0 Å². The molecule has 0 radical (unpaired) electrons. The molecule has 4 heteroatoms. The average molecular weight is 362 g/mol.